The molecule has 0 spiro atoms. The summed E-state index contributed by atoms with van der Waals surface area (Å²) >= 11 is 6.00. The predicted octanol–water partition coefficient (Wildman–Crippen LogP) is 3.87. The molecule has 4 amide bonds. The predicted molar refractivity (Wildman–Crippen MR) is 120 cm³/mol. The topological polar surface area (TPSA) is 79.0 Å². The largest absolute Gasteiger partial charge is 0.497 e. The molecule has 1 aliphatic heterocycles. The fourth-order valence-electron chi connectivity index (χ4n) is 4.17. The third-order valence-electron chi connectivity index (χ3n) is 6.23. The van der Waals surface area contributed by atoms with Crippen LogP contribution in [0.3, 0.4) is 0 Å². The van der Waals surface area contributed by atoms with Crippen molar-refractivity contribution >= 4 is 29.4 Å². The number of nitrogens with zero attached hydrogens (tertiary/aromatic N) is 2. The summed E-state index contributed by atoms with van der Waals surface area (Å²) in [6.07, 6.45) is 1.82. The molecule has 1 saturated carbocycles. The van der Waals surface area contributed by atoms with E-state index < -0.39 is 17.5 Å². The van der Waals surface area contributed by atoms with Gasteiger partial charge in [0.25, 0.3) is 5.91 Å². The van der Waals surface area contributed by atoms with Gasteiger partial charge in [0.05, 0.1) is 13.2 Å². The van der Waals surface area contributed by atoms with Crippen LogP contribution in [0, 0.1) is 0 Å². The van der Waals surface area contributed by atoms with E-state index in [2.05, 4.69) is 5.32 Å². The summed E-state index contributed by atoms with van der Waals surface area (Å²) in [5.41, 5.74) is 0.339. The van der Waals surface area contributed by atoms with Crippen molar-refractivity contribution in [3.05, 3.63) is 64.7 Å². The summed E-state index contributed by atoms with van der Waals surface area (Å²) in [5, 5.41) is 3.38. The van der Waals surface area contributed by atoms with E-state index in [-0.39, 0.29) is 24.5 Å². The molecule has 2 fully saturated rings. The van der Waals surface area contributed by atoms with Crippen LogP contribution in [0.5, 0.6) is 5.75 Å². The number of nitrogens with one attached hydrogen (secondary N) is 1. The molecule has 4 rings (SSSR count). The summed E-state index contributed by atoms with van der Waals surface area (Å²) in [4.78, 5) is 42.0. The molecule has 7 nitrogen and oxygen atoms in total. The lowest BCUT2D eigenvalue weighted by Gasteiger charge is -2.31. The van der Waals surface area contributed by atoms with E-state index >= 15 is 0 Å². The van der Waals surface area contributed by atoms with Gasteiger partial charge in [0.15, 0.2) is 0 Å². The molecule has 2 atom stereocenters. The second kappa shape index (κ2) is 8.47. The minimum atomic E-state index is -1.24. The van der Waals surface area contributed by atoms with Crippen LogP contribution in [0.15, 0.2) is 48.5 Å². The quantitative estimate of drug-likeness (QED) is 0.643. The molecule has 1 aliphatic carbocycles. The molecule has 0 bridgehead atoms. The number of ether oxygens (including phenoxy) is 1. The van der Waals surface area contributed by atoms with Gasteiger partial charge in [-0.1, -0.05) is 35.9 Å². The lowest BCUT2D eigenvalue weighted by atomic mass is 9.92. The number of hydrogen-bond acceptors (Lipinski definition) is 4. The Bertz CT molecular complexity index is 1040. The first-order valence-corrected chi connectivity index (χ1v) is 11.0. The molecule has 1 saturated heterocycles. The number of carbonyl (C=O) groups is 3. The van der Waals surface area contributed by atoms with E-state index in [1.165, 1.54) is 0 Å². The fourth-order valence-corrected chi connectivity index (χ4v) is 4.29. The van der Waals surface area contributed by atoms with Crippen molar-refractivity contribution in [3.8, 4) is 5.75 Å². The van der Waals surface area contributed by atoms with Gasteiger partial charge in [-0.15, -0.1) is 0 Å². The molecular weight excluding hydrogens is 430 g/mol. The molecule has 0 radical (unpaired) electrons. The summed E-state index contributed by atoms with van der Waals surface area (Å²) in [6, 6.07) is 13.7. The minimum absolute atomic E-state index is 0.113. The van der Waals surface area contributed by atoms with Gasteiger partial charge in [-0.2, -0.15) is 0 Å². The number of methoxy groups -OCH3 is 1. The van der Waals surface area contributed by atoms with Crippen LogP contribution in [0.1, 0.15) is 43.9 Å². The number of imide groups is 1. The van der Waals surface area contributed by atoms with Crippen molar-refractivity contribution < 1.29 is 19.1 Å². The summed E-state index contributed by atoms with van der Waals surface area (Å²) < 4.78 is 5.17. The van der Waals surface area contributed by atoms with E-state index in [9.17, 15) is 14.4 Å². The standard InChI is InChI=1S/C24H26ClN3O4/c1-15(16-4-8-18(25)9-5-16)28(19-10-11-19)21(29)14-27-22(30)24(2,26-23(27)31)17-6-12-20(32-3)13-7-17/h4-9,12-13,15,19H,10-11,14H2,1-3H3,(H,26,31). The van der Waals surface area contributed by atoms with E-state index in [0.29, 0.717) is 16.3 Å². The van der Waals surface area contributed by atoms with Crippen LogP contribution >= 0.6 is 11.6 Å². The minimum Gasteiger partial charge on any atom is -0.497 e. The van der Waals surface area contributed by atoms with Crippen LogP contribution in [0.25, 0.3) is 0 Å². The molecular formula is C24H26ClN3O4. The average Bonchev–Trinajstić information content (AvgIpc) is 3.59. The molecule has 1 heterocycles. The van der Waals surface area contributed by atoms with Gasteiger partial charge in [-0.25, -0.2) is 4.79 Å². The number of carbonyl (C=O) groups excluding carboxylic acids is 3. The number of rotatable bonds is 7. The molecule has 2 aliphatic rings. The van der Waals surface area contributed by atoms with Gasteiger partial charge in [-0.05, 0) is 62.1 Å². The molecule has 168 valence electrons. The highest BCUT2D eigenvalue weighted by Crippen LogP contribution is 2.36. The number of amides is 4. The monoisotopic (exact) mass is 455 g/mol. The maximum atomic E-state index is 13.3. The van der Waals surface area contributed by atoms with Gasteiger partial charge in [0, 0.05) is 11.1 Å². The Hall–Kier alpha value is -3.06. The molecule has 0 aromatic heterocycles. The highest BCUT2D eigenvalue weighted by molar-refractivity contribution is 6.30. The smallest absolute Gasteiger partial charge is 0.325 e. The Kier molecular flexibility index (Phi) is 5.86. The lowest BCUT2D eigenvalue weighted by Crippen LogP contribution is -2.46. The van der Waals surface area contributed by atoms with Crippen molar-refractivity contribution in [3.63, 3.8) is 0 Å². The van der Waals surface area contributed by atoms with Gasteiger partial charge in [0.1, 0.15) is 17.8 Å². The molecule has 2 unspecified atom stereocenters. The zero-order chi connectivity index (χ0) is 23.0. The zero-order valence-electron chi connectivity index (χ0n) is 18.3. The first-order valence-electron chi connectivity index (χ1n) is 10.6. The van der Waals surface area contributed by atoms with Crippen LogP contribution in [-0.4, -0.2) is 47.3 Å². The van der Waals surface area contributed by atoms with Gasteiger partial charge < -0.3 is 15.0 Å². The molecule has 2 aromatic carbocycles. The van der Waals surface area contributed by atoms with Gasteiger partial charge in [0.2, 0.25) is 5.91 Å². The Morgan fingerprint density at radius 3 is 2.38 bits per heavy atom. The Morgan fingerprint density at radius 2 is 1.81 bits per heavy atom. The number of benzene rings is 2. The van der Waals surface area contributed by atoms with Crippen molar-refractivity contribution in [2.45, 2.75) is 44.3 Å². The molecule has 1 N–H and O–H groups in total. The summed E-state index contributed by atoms with van der Waals surface area (Å²) in [5.74, 6) is -0.0502. The Morgan fingerprint density at radius 1 is 1.19 bits per heavy atom. The SMILES string of the molecule is COc1ccc(C2(C)NC(=O)N(CC(=O)N(C3CC3)C(C)c3ccc(Cl)cc3)C2=O)cc1. The number of hydrogen-bond donors (Lipinski definition) is 1. The molecule has 8 heteroatoms. The van der Waals surface area contributed by atoms with Crippen molar-refractivity contribution in [1.29, 1.82) is 0 Å². The molecule has 2 aromatic rings. The highest BCUT2D eigenvalue weighted by Gasteiger charge is 2.50. The highest BCUT2D eigenvalue weighted by atomic mass is 35.5. The average molecular weight is 456 g/mol. The lowest BCUT2D eigenvalue weighted by molar-refractivity contribution is -0.140. The van der Waals surface area contributed by atoms with Crippen molar-refractivity contribution in [1.82, 2.24) is 15.1 Å². The van der Waals surface area contributed by atoms with Gasteiger partial charge in [-0.3, -0.25) is 14.5 Å². The fraction of sp³-hybridized carbons (Fsp3) is 0.375. The van der Waals surface area contributed by atoms with Gasteiger partial charge >= 0.3 is 6.03 Å². The molecule has 32 heavy (non-hydrogen) atoms. The second-order valence-electron chi connectivity index (χ2n) is 8.43. The zero-order valence-corrected chi connectivity index (χ0v) is 19.1. The number of urea groups is 1. The third-order valence-corrected chi connectivity index (χ3v) is 6.49. The van der Waals surface area contributed by atoms with E-state index in [4.69, 9.17) is 16.3 Å². The van der Waals surface area contributed by atoms with Crippen LogP contribution in [0.4, 0.5) is 4.79 Å². The van der Waals surface area contributed by atoms with Crippen molar-refractivity contribution in [2.75, 3.05) is 13.7 Å². The van der Waals surface area contributed by atoms with E-state index in [1.807, 2.05) is 19.1 Å². The van der Waals surface area contributed by atoms with Crippen molar-refractivity contribution in [2.24, 2.45) is 0 Å². The van der Waals surface area contributed by atoms with E-state index in [1.54, 1.807) is 55.3 Å². The summed E-state index contributed by atoms with van der Waals surface area (Å²) in [7, 11) is 1.56. The maximum absolute atomic E-state index is 13.3. The third kappa shape index (κ3) is 4.05. The maximum Gasteiger partial charge on any atom is 0.325 e. The first-order chi connectivity index (χ1) is 15.2. The second-order valence-corrected chi connectivity index (χ2v) is 8.87. The Labute approximate surface area is 192 Å². The van der Waals surface area contributed by atoms with Crippen LogP contribution in [-0.2, 0) is 15.1 Å². The van der Waals surface area contributed by atoms with Crippen LogP contribution in [0.2, 0.25) is 5.02 Å². The first kappa shape index (κ1) is 22.1. The summed E-state index contributed by atoms with van der Waals surface area (Å²) in [6.45, 7) is 3.30. The Balaban J connectivity index is 1.53. The normalized spacial score (nSPS) is 21.3. The van der Waals surface area contributed by atoms with Crippen LogP contribution < -0.4 is 10.1 Å². The van der Waals surface area contributed by atoms with E-state index in [0.717, 1.165) is 23.3 Å². The number of halogens is 1.